The number of aromatic amines is 1. The molecule has 1 aromatic carbocycles. The topological polar surface area (TPSA) is 82.3 Å². The SMILES string of the molecule is CC(C)N(C)C(=O)c1ccc(CNC(=O)c2ccc(-c3cccs3)[nH]c2=O)cc1. The van der Waals surface area contributed by atoms with Crippen LogP contribution in [0.2, 0.25) is 0 Å². The van der Waals surface area contributed by atoms with E-state index in [1.54, 1.807) is 42.3 Å². The van der Waals surface area contributed by atoms with Gasteiger partial charge in [-0.05, 0) is 55.1 Å². The van der Waals surface area contributed by atoms with E-state index in [2.05, 4.69) is 10.3 Å². The van der Waals surface area contributed by atoms with Gasteiger partial charge in [-0.25, -0.2) is 0 Å². The lowest BCUT2D eigenvalue weighted by atomic mass is 10.1. The molecule has 2 heterocycles. The molecule has 0 unspecified atom stereocenters. The summed E-state index contributed by atoms with van der Waals surface area (Å²) in [4.78, 5) is 42.3. The predicted octanol–water partition coefficient (Wildman–Crippen LogP) is 3.51. The van der Waals surface area contributed by atoms with Crippen LogP contribution in [0.25, 0.3) is 10.6 Å². The van der Waals surface area contributed by atoms with E-state index in [1.165, 1.54) is 17.4 Å². The summed E-state index contributed by atoms with van der Waals surface area (Å²) in [5.74, 6) is -0.489. The Kier molecular flexibility index (Phi) is 6.29. The van der Waals surface area contributed by atoms with E-state index in [4.69, 9.17) is 0 Å². The van der Waals surface area contributed by atoms with Crippen LogP contribution in [0.15, 0.2) is 58.7 Å². The summed E-state index contributed by atoms with van der Waals surface area (Å²) in [5, 5.41) is 4.67. The third kappa shape index (κ3) is 4.81. The van der Waals surface area contributed by atoms with Gasteiger partial charge in [-0.2, -0.15) is 0 Å². The Morgan fingerprint density at radius 1 is 1.10 bits per heavy atom. The van der Waals surface area contributed by atoms with E-state index in [0.717, 1.165) is 10.4 Å². The molecule has 0 radical (unpaired) electrons. The third-order valence-electron chi connectivity index (χ3n) is 4.69. The summed E-state index contributed by atoms with van der Waals surface area (Å²) in [7, 11) is 1.77. The number of hydrogen-bond acceptors (Lipinski definition) is 4. The molecular weight excluding hydrogens is 386 g/mol. The molecule has 0 atom stereocenters. The Balaban J connectivity index is 1.63. The van der Waals surface area contributed by atoms with Gasteiger partial charge in [0.25, 0.3) is 17.4 Å². The second-order valence-electron chi connectivity index (χ2n) is 6.98. The van der Waals surface area contributed by atoms with E-state index in [-0.39, 0.29) is 24.1 Å². The second kappa shape index (κ2) is 8.87. The zero-order valence-electron chi connectivity index (χ0n) is 16.6. The minimum absolute atomic E-state index is 0.0482. The fourth-order valence-corrected chi connectivity index (χ4v) is 3.42. The van der Waals surface area contributed by atoms with Crippen LogP contribution in [0.1, 0.15) is 40.1 Å². The summed E-state index contributed by atoms with van der Waals surface area (Å²) in [6, 6.07) is 14.3. The summed E-state index contributed by atoms with van der Waals surface area (Å²) >= 11 is 1.52. The summed E-state index contributed by atoms with van der Waals surface area (Å²) in [6.45, 7) is 4.17. The largest absolute Gasteiger partial charge is 0.348 e. The molecule has 2 amide bonds. The summed E-state index contributed by atoms with van der Waals surface area (Å²) in [6.07, 6.45) is 0. The molecule has 3 rings (SSSR count). The third-order valence-corrected chi connectivity index (χ3v) is 5.59. The van der Waals surface area contributed by atoms with Crippen LogP contribution in [0.5, 0.6) is 0 Å². The van der Waals surface area contributed by atoms with Gasteiger partial charge in [0.1, 0.15) is 5.56 Å². The normalized spacial score (nSPS) is 10.8. The first kappa shape index (κ1) is 20.5. The summed E-state index contributed by atoms with van der Waals surface area (Å²) < 4.78 is 0. The van der Waals surface area contributed by atoms with Crippen molar-refractivity contribution in [2.24, 2.45) is 0 Å². The van der Waals surface area contributed by atoms with Crippen LogP contribution in [-0.2, 0) is 6.54 Å². The minimum Gasteiger partial charge on any atom is -0.348 e. The van der Waals surface area contributed by atoms with E-state index in [1.807, 2.05) is 31.4 Å². The molecule has 0 aliphatic heterocycles. The van der Waals surface area contributed by atoms with Crippen molar-refractivity contribution in [3.63, 3.8) is 0 Å². The van der Waals surface area contributed by atoms with Gasteiger partial charge in [0.2, 0.25) is 0 Å². The fourth-order valence-electron chi connectivity index (χ4n) is 2.71. The molecule has 6 nitrogen and oxygen atoms in total. The number of nitrogens with one attached hydrogen (secondary N) is 2. The first-order chi connectivity index (χ1) is 13.9. The Bertz CT molecular complexity index is 1050. The first-order valence-electron chi connectivity index (χ1n) is 9.28. The van der Waals surface area contributed by atoms with Gasteiger partial charge in [-0.3, -0.25) is 14.4 Å². The van der Waals surface area contributed by atoms with Crippen molar-refractivity contribution < 1.29 is 9.59 Å². The van der Waals surface area contributed by atoms with Crippen LogP contribution < -0.4 is 10.9 Å². The molecule has 3 aromatic rings. The monoisotopic (exact) mass is 409 g/mol. The maximum atomic E-state index is 12.4. The Morgan fingerprint density at radius 2 is 1.83 bits per heavy atom. The molecule has 0 spiro atoms. The number of amides is 2. The average molecular weight is 410 g/mol. The van der Waals surface area contributed by atoms with Gasteiger partial charge in [0, 0.05) is 25.2 Å². The highest BCUT2D eigenvalue weighted by molar-refractivity contribution is 7.13. The van der Waals surface area contributed by atoms with Crippen LogP contribution in [0, 0.1) is 0 Å². The maximum Gasteiger partial charge on any atom is 0.261 e. The van der Waals surface area contributed by atoms with Crippen molar-refractivity contribution in [2.75, 3.05) is 7.05 Å². The number of carbonyl (C=O) groups is 2. The molecule has 0 fully saturated rings. The van der Waals surface area contributed by atoms with Crippen molar-refractivity contribution in [1.82, 2.24) is 15.2 Å². The Hall–Kier alpha value is -3.19. The van der Waals surface area contributed by atoms with Crippen LogP contribution in [0.4, 0.5) is 0 Å². The molecule has 0 saturated heterocycles. The number of pyridine rings is 1. The molecule has 0 aliphatic carbocycles. The number of hydrogen-bond donors (Lipinski definition) is 2. The number of rotatable bonds is 6. The van der Waals surface area contributed by atoms with E-state index in [0.29, 0.717) is 11.3 Å². The van der Waals surface area contributed by atoms with Crippen LogP contribution in [0.3, 0.4) is 0 Å². The highest BCUT2D eigenvalue weighted by Gasteiger charge is 2.15. The smallest absolute Gasteiger partial charge is 0.261 e. The molecule has 0 aliphatic rings. The number of H-pyrrole nitrogens is 1. The zero-order valence-corrected chi connectivity index (χ0v) is 17.4. The first-order valence-corrected chi connectivity index (χ1v) is 10.2. The van der Waals surface area contributed by atoms with Gasteiger partial charge in [0.15, 0.2) is 0 Å². The number of nitrogens with zero attached hydrogens (tertiary/aromatic N) is 1. The lowest BCUT2D eigenvalue weighted by molar-refractivity contribution is 0.0754. The second-order valence-corrected chi connectivity index (χ2v) is 7.93. The quantitative estimate of drug-likeness (QED) is 0.654. The van der Waals surface area contributed by atoms with Crippen molar-refractivity contribution in [3.05, 3.63) is 81.0 Å². The fraction of sp³-hybridized carbons (Fsp3) is 0.227. The zero-order chi connectivity index (χ0) is 21.0. The van der Waals surface area contributed by atoms with E-state index in [9.17, 15) is 14.4 Å². The molecule has 2 aromatic heterocycles. The maximum absolute atomic E-state index is 12.4. The highest BCUT2D eigenvalue weighted by Crippen LogP contribution is 2.21. The molecule has 29 heavy (non-hydrogen) atoms. The predicted molar refractivity (Wildman–Crippen MR) is 115 cm³/mol. The molecule has 7 heteroatoms. The van der Waals surface area contributed by atoms with Gasteiger partial charge < -0.3 is 15.2 Å². The number of benzene rings is 1. The van der Waals surface area contributed by atoms with Gasteiger partial charge in [0.05, 0.1) is 10.6 Å². The molecule has 2 N–H and O–H groups in total. The lowest BCUT2D eigenvalue weighted by Gasteiger charge is -2.21. The van der Waals surface area contributed by atoms with Crippen LogP contribution in [-0.4, -0.2) is 34.8 Å². The number of thiophene rings is 1. The average Bonchev–Trinajstić information content (AvgIpc) is 3.26. The number of aromatic nitrogens is 1. The standard InChI is InChI=1S/C22H23N3O3S/c1-14(2)25(3)22(28)16-8-6-15(7-9-16)13-23-20(26)17-10-11-18(24-21(17)27)19-5-4-12-29-19/h4-12,14H,13H2,1-3H3,(H,23,26)(H,24,27). The lowest BCUT2D eigenvalue weighted by Crippen LogP contribution is -2.33. The van der Waals surface area contributed by atoms with Gasteiger partial charge in [-0.1, -0.05) is 18.2 Å². The Labute approximate surface area is 173 Å². The van der Waals surface area contributed by atoms with Gasteiger partial charge >= 0.3 is 0 Å². The molecular formula is C22H23N3O3S. The highest BCUT2D eigenvalue weighted by atomic mass is 32.1. The van der Waals surface area contributed by atoms with Crippen molar-refractivity contribution in [2.45, 2.75) is 26.4 Å². The van der Waals surface area contributed by atoms with Crippen molar-refractivity contribution in [3.8, 4) is 10.6 Å². The van der Waals surface area contributed by atoms with Crippen LogP contribution >= 0.6 is 11.3 Å². The van der Waals surface area contributed by atoms with Gasteiger partial charge in [-0.15, -0.1) is 11.3 Å². The molecule has 0 bridgehead atoms. The number of carbonyl (C=O) groups excluding carboxylic acids is 2. The summed E-state index contributed by atoms with van der Waals surface area (Å²) in [5.41, 5.74) is 1.76. The molecule has 0 saturated carbocycles. The van der Waals surface area contributed by atoms with Crippen molar-refractivity contribution in [1.29, 1.82) is 0 Å². The van der Waals surface area contributed by atoms with Crippen molar-refractivity contribution >= 4 is 23.2 Å². The Morgan fingerprint density at radius 3 is 2.41 bits per heavy atom. The minimum atomic E-state index is -0.441. The molecule has 150 valence electrons. The van der Waals surface area contributed by atoms with E-state index < -0.39 is 11.5 Å². The van der Waals surface area contributed by atoms with E-state index >= 15 is 0 Å².